The fourth-order valence-corrected chi connectivity index (χ4v) is 4.76. The normalized spacial score (nSPS) is 17.7. The number of carbonyl (C=O) groups excluding carboxylic acids is 1. The first kappa shape index (κ1) is 36.4. The maximum Gasteiger partial charge on any atom is 0.490 e. The summed E-state index contributed by atoms with van der Waals surface area (Å²) in [4.78, 5) is 43.1. The molecule has 0 bridgehead atoms. The summed E-state index contributed by atoms with van der Waals surface area (Å²) in [7, 11) is 2.14. The minimum atomic E-state index is -5.08. The molecule has 2 aliphatic heterocycles. The molecule has 4 heterocycles. The first-order valence-electron chi connectivity index (χ1n) is 13.5. The Bertz CT molecular complexity index is 1170. The number of aryl methyl sites for hydroxylation is 1. The Morgan fingerprint density at radius 2 is 1.45 bits per heavy atom. The number of rotatable bonds is 7. The number of piperidine rings is 1. The average molecular weight is 637 g/mol. The Hall–Kier alpha value is -3.79. The van der Waals surface area contributed by atoms with Gasteiger partial charge in [-0.05, 0) is 61.4 Å². The molecule has 0 aromatic carbocycles. The lowest BCUT2D eigenvalue weighted by Crippen LogP contribution is -2.43. The number of pyridine rings is 2. The number of likely N-dealkylation sites (N-methyl/N-ethyl adjacent to an activating group) is 1. The van der Waals surface area contributed by atoms with Gasteiger partial charge in [-0.2, -0.15) is 26.3 Å². The number of nitrogens with zero attached hydrogens (tertiary/aromatic N) is 4. The summed E-state index contributed by atoms with van der Waals surface area (Å²) in [6.07, 6.45) is 1.99. The molecule has 2 N–H and O–H groups in total. The van der Waals surface area contributed by atoms with Crippen molar-refractivity contribution in [2.75, 3.05) is 33.3 Å². The molecular weight excluding hydrogens is 602 g/mol. The van der Waals surface area contributed by atoms with Crippen molar-refractivity contribution in [3.63, 3.8) is 0 Å². The van der Waals surface area contributed by atoms with Crippen molar-refractivity contribution < 1.29 is 55.7 Å². The zero-order chi connectivity index (χ0) is 33.0. The number of carboxylic acids is 2. The SMILES string of the molecule is CN(Cc1cccnc1)CC1CC2(CCN(C(=O)CCc3cccnc3)CC2)CO1.O=C(O)C(F)(F)F.O=C(O)C(F)(F)F. The van der Waals surface area contributed by atoms with Crippen LogP contribution in [0.1, 0.15) is 36.8 Å². The highest BCUT2D eigenvalue weighted by molar-refractivity contribution is 5.76. The molecule has 44 heavy (non-hydrogen) atoms. The second kappa shape index (κ2) is 16.3. The number of hydrogen-bond donors (Lipinski definition) is 2. The summed E-state index contributed by atoms with van der Waals surface area (Å²) < 4.78 is 69.7. The third kappa shape index (κ3) is 12.8. The molecule has 2 saturated heterocycles. The van der Waals surface area contributed by atoms with Crippen molar-refractivity contribution in [2.24, 2.45) is 5.41 Å². The highest BCUT2D eigenvalue weighted by Gasteiger charge is 2.43. The molecule has 0 radical (unpaired) electrons. The molecule has 0 saturated carbocycles. The van der Waals surface area contributed by atoms with E-state index in [1.165, 1.54) is 5.56 Å². The maximum atomic E-state index is 12.6. The maximum absolute atomic E-state index is 12.6. The van der Waals surface area contributed by atoms with Gasteiger partial charge in [-0.1, -0.05) is 12.1 Å². The molecule has 16 heteroatoms. The molecule has 2 aromatic rings. The number of hydrogen-bond acceptors (Lipinski definition) is 7. The van der Waals surface area contributed by atoms with E-state index >= 15 is 0 Å². The molecule has 2 aromatic heterocycles. The first-order chi connectivity index (χ1) is 20.5. The minimum absolute atomic E-state index is 0.250. The summed E-state index contributed by atoms with van der Waals surface area (Å²) in [5.74, 6) is -5.25. The molecule has 10 nitrogen and oxygen atoms in total. The Labute approximate surface area is 249 Å². The lowest BCUT2D eigenvalue weighted by atomic mass is 9.76. The number of carboxylic acid groups (broad SMARTS) is 2. The van der Waals surface area contributed by atoms with Crippen LogP contribution in [-0.2, 0) is 32.1 Å². The Morgan fingerprint density at radius 1 is 0.955 bits per heavy atom. The average Bonchev–Trinajstić information content (AvgIpc) is 3.34. The summed E-state index contributed by atoms with van der Waals surface area (Å²) in [6.45, 7) is 4.36. The zero-order valence-corrected chi connectivity index (χ0v) is 23.9. The first-order valence-corrected chi connectivity index (χ1v) is 13.5. The van der Waals surface area contributed by atoms with E-state index in [1.807, 2.05) is 41.7 Å². The molecule has 2 aliphatic rings. The van der Waals surface area contributed by atoms with Crippen LogP contribution in [0.4, 0.5) is 26.3 Å². The highest BCUT2D eigenvalue weighted by atomic mass is 19.4. The molecule has 4 rings (SSSR count). The second-order valence-corrected chi connectivity index (χ2v) is 10.5. The van der Waals surface area contributed by atoms with Crippen molar-refractivity contribution in [1.29, 1.82) is 0 Å². The number of amides is 1. The van der Waals surface area contributed by atoms with Crippen molar-refractivity contribution in [2.45, 2.75) is 57.1 Å². The molecule has 0 aliphatic carbocycles. The summed E-state index contributed by atoms with van der Waals surface area (Å²) in [5.41, 5.74) is 2.60. The quantitative estimate of drug-likeness (QED) is 0.429. The van der Waals surface area contributed by atoms with Crippen LogP contribution in [0.15, 0.2) is 49.1 Å². The van der Waals surface area contributed by atoms with Gasteiger partial charge in [0.05, 0.1) is 12.7 Å². The molecule has 1 spiro atoms. The third-order valence-corrected chi connectivity index (χ3v) is 6.99. The van der Waals surface area contributed by atoms with E-state index in [4.69, 9.17) is 24.5 Å². The Kier molecular flexibility index (Phi) is 13.5. The van der Waals surface area contributed by atoms with Crippen molar-refractivity contribution in [3.8, 4) is 0 Å². The van der Waals surface area contributed by atoms with Crippen molar-refractivity contribution >= 4 is 17.8 Å². The largest absolute Gasteiger partial charge is 0.490 e. The predicted molar refractivity (Wildman–Crippen MR) is 143 cm³/mol. The lowest BCUT2D eigenvalue weighted by molar-refractivity contribution is -0.193. The van der Waals surface area contributed by atoms with Gasteiger partial charge in [0, 0.05) is 57.4 Å². The minimum Gasteiger partial charge on any atom is -0.475 e. The lowest BCUT2D eigenvalue weighted by Gasteiger charge is -2.38. The van der Waals surface area contributed by atoms with Crippen molar-refractivity contribution in [3.05, 3.63) is 60.2 Å². The highest BCUT2D eigenvalue weighted by Crippen LogP contribution is 2.42. The summed E-state index contributed by atoms with van der Waals surface area (Å²) >= 11 is 0. The number of aliphatic carboxylic acids is 2. The molecule has 244 valence electrons. The number of alkyl halides is 6. The monoisotopic (exact) mass is 636 g/mol. The molecule has 2 fully saturated rings. The number of carbonyl (C=O) groups is 3. The topological polar surface area (TPSA) is 133 Å². The van der Waals surface area contributed by atoms with Crippen molar-refractivity contribution in [1.82, 2.24) is 19.8 Å². The standard InChI is InChI=1S/C24H32N4O2.2C2HF3O2/c1-27(17-21-5-3-11-26-16-21)18-22-14-24(19-30-22)8-12-28(13-9-24)23(29)7-6-20-4-2-10-25-15-20;2*3-2(4,5)1(6)7/h2-5,10-11,15-16,22H,6-9,12-14,17-19H2,1H3;2*(H,6,7). The van der Waals surface area contributed by atoms with E-state index in [-0.39, 0.29) is 17.4 Å². The fourth-order valence-electron chi connectivity index (χ4n) is 4.76. The molecule has 1 atom stereocenters. The van der Waals surface area contributed by atoms with Gasteiger partial charge in [-0.3, -0.25) is 19.7 Å². The van der Waals surface area contributed by atoms with Crippen LogP contribution in [0.3, 0.4) is 0 Å². The van der Waals surface area contributed by atoms with Crippen LogP contribution >= 0.6 is 0 Å². The van der Waals surface area contributed by atoms with Gasteiger partial charge in [0.25, 0.3) is 0 Å². The van der Waals surface area contributed by atoms with E-state index in [0.717, 1.165) is 64.0 Å². The van der Waals surface area contributed by atoms with Gasteiger partial charge in [0.2, 0.25) is 5.91 Å². The predicted octanol–water partition coefficient (Wildman–Crippen LogP) is 4.21. The van der Waals surface area contributed by atoms with Crippen LogP contribution in [0, 0.1) is 5.41 Å². The number of halogens is 6. The van der Waals surface area contributed by atoms with Crippen LogP contribution in [0.25, 0.3) is 0 Å². The smallest absolute Gasteiger partial charge is 0.475 e. The Balaban J connectivity index is 0.000000402. The van der Waals surface area contributed by atoms with Gasteiger partial charge in [0.1, 0.15) is 0 Å². The van der Waals surface area contributed by atoms with Crippen LogP contribution < -0.4 is 0 Å². The van der Waals surface area contributed by atoms with Crippen LogP contribution in [-0.4, -0.2) is 99.6 Å². The summed E-state index contributed by atoms with van der Waals surface area (Å²) in [6, 6.07) is 8.06. The van der Waals surface area contributed by atoms with E-state index in [1.54, 1.807) is 6.20 Å². The fraction of sp³-hybridized carbons (Fsp3) is 0.536. The van der Waals surface area contributed by atoms with Gasteiger partial charge >= 0.3 is 24.3 Å². The van der Waals surface area contributed by atoms with E-state index < -0.39 is 24.3 Å². The Morgan fingerprint density at radius 3 is 1.91 bits per heavy atom. The number of ether oxygens (including phenoxy) is 1. The summed E-state index contributed by atoms with van der Waals surface area (Å²) in [5, 5.41) is 14.2. The van der Waals surface area contributed by atoms with Crippen LogP contribution in [0.5, 0.6) is 0 Å². The molecule has 1 amide bonds. The second-order valence-electron chi connectivity index (χ2n) is 10.5. The third-order valence-electron chi connectivity index (χ3n) is 6.99. The number of aromatic nitrogens is 2. The zero-order valence-electron chi connectivity index (χ0n) is 23.9. The van der Waals surface area contributed by atoms with E-state index in [9.17, 15) is 31.1 Å². The molecular formula is C28H34F6N4O6. The van der Waals surface area contributed by atoms with Gasteiger partial charge < -0.3 is 19.8 Å². The van der Waals surface area contributed by atoms with E-state index in [2.05, 4.69) is 28.0 Å². The number of likely N-dealkylation sites (tertiary alicyclic amines) is 1. The van der Waals surface area contributed by atoms with Gasteiger partial charge in [0.15, 0.2) is 0 Å². The van der Waals surface area contributed by atoms with Gasteiger partial charge in [-0.15, -0.1) is 0 Å². The molecule has 1 unspecified atom stereocenters. The van der Waals surface area contributed by atoms with E-state index in [0.29, 0.717) is 6.42 Å². The van der Waals surface area contributed by atoms with Gasteiger partial charge in [-0.25, -0.2) is 9.59 Å². The van der Waals surface area contributed by atoms with Crippen LogP contribution in [0.2, 0.25) is 0 Å².